The Kier molecular flexibility index (Phi) is 5.71. The lowest BCUT2D eigenvalue weighted by Gasteiger charge is -2.32. The number of ether oxygens (including phenoxy) is 2. The minimum atomic E-state index is 0.0423. The largest absolute Gasteiger partial charge is 0.494 e. The molecule has 0 atom stereocenters. The molecule has 0 radical (unpaired) electrons. The summed E-state index contributed by atoms with van der Waals surface area (Å²) in [5, 5.41) is 8.54. The van der Waals surface area contributed by atoms with Crippen molar-refractivity contribution >= 4 is 33.9 Å². The fraction of sp³-hybridized carbons (Fsp3) is 0.474. The van der Waals surface area contributed by atoms with Gasteiger partial charge in [-0.05, 0) is 55.7 Å². The number of thiocarbonyl (C=S) groups is 1. The highest BCUT2D eigenvalue weighted by atomic mass is 32.1. The molecule has 2 aromatic rings. The average molecular weight is 359 g/mol. The van der Waals surface area contributed by atoms with Gasteiger partial charge < -0.3 is 20.1 Å². The Balaban J connectivity index is 1.78. The van der Waals surface area contributed by atoms with E-state index in [4.69, 9.17) is 21.7 Å². The van der Waals surface area contributed by atoms with Gasteiger partial charge in [0.15, 0.2) is 5.11 Å². The van der Waals surface area contributed by atoms with Crippen molar-refractivity contribution in [1.29, 1.82) is 0 Å². The van der Waals surface area contributed by atoms with Crippen molar-refractivity contribution < 1.29 is 9.47 Å². The number of rotatable bonds is 6. The third kappa shape index (κ3) is 4.02. The molecule has 1 aromatic heterocycles. The van der Waals surface area contributed by atoms with Gasteiger partial charge in [0.1, 0.15) is 11.3 Å². The molecule has 1 aliphatic rings. The van der Waals surface area contributed by atoms with E-state index in [9.17, 15) is 0 Å². The number of anilines is 1. The molecule has 0 amide bonds. The van der Waals surface area contributed by atoms with E-state index < -0.39 is 0 Å². The highest BCUT2D eigenvalue weighted by Crippen LogP contribution is 2.33. The molecule has 0 bridgehead atoms. The number of benzene rings is 1. The van der Waals surface area contributed by atoms with Gasteiger partial charge in [-0.2, -0.15) is 0 Å². The summed E-state index contributed by atoms with van der Waals surface area (Å²) in [6.07, 6.45) is 7.45. The normalized spacial score (nSPS) is 15.9. The zero-order chi connectivity index (χ0) is 17.7. The first-order valence-corrected chi connectivity index (χ1v) is 9.08. The van der Waals surface area contributed by atoms with E-state index in [-0.39, 0.29) is 5.54 Å². The van der Waals surface area contributed by atoms with Gasteiger partial charge in [-0.15, -0.1) is 0 Å². The van der Waals surface area contributed by atoms with Crippen LogP contribution in [0.3, 0.4) is 0 Å². The topological polar surface area (TPSA) is 55.4 Å². The molecule has 3 rings (SSSR count). The quantitative estimate of drug-likeness (QED) is 0.764. The van der Waals surface area contributed by atoms with Gasteiger partial charge >= 0.3 is 0 Å². The number of pyridine rings is 1. The SMILES string of the molecule is COCCC1(NC(=S)Nc2ccc(OC)c3ncccc23)CCCC1. The summed E-state index contributed by atoms with van der Waals surface area (Å²) in [5.74, 6) is 0.757. The standard InChI is InChI=1S/C19H25N3O2S/c1-23-13-11-19(9-3-4-10-19)22-18(25)21-15-7-8-16(24-2)17-14(15)6-5-12-20-17/h5-8,12H,3-4,9-11,13H2,1-2H3,(H2,21,22,25). The Morgan fingerprint density at radius 1 is 1.24 bits per heavy atom. The van der Waals surface area contributed by atoms with E-state index in [1.807, 2.05) is 24.3 Å². The lowest BCUT2D eigenvalue weighted by atomic mass is 9.94. The molecule has 6 heteroatoms. The molecule has 0 unspecified atom stereocenters. The number of hydrogen-bond acceptors (Lipinski definition) is 4. The summed E-state index contributed by atoms with van der Waals surface area (Å²) >= 11 is 5.60. The van der Waals surface area contributed by atoms with Crippen molar-refractivity contribution in [3.05, 3.63) is 30.5 Å². The fourth-order valence-corrected chi connectivity index (χ4v) is 3.93. The maximum atomic E-state index is 5.60. The van der Waals surface area contributed by atoms with Crippen LogP contribution in [0.4, 0.5) is 5.69 Å². The molecule has 0 saturated heterocycles. The molecule has 25 heavy (non-hydrogen) atoms. The van der Waals surface area contributed by atoms with Crippen LogP contribution in [0.5, 0.6) is 5.75 Å². The fourth-order valence-electron chi connectivity index (χ4n) is 3.60. The number of aromatic nitrogens is 1. The summed E-state index contributed by atoms with van der Waals surface area (Å²) < 4.78 is 10.7. The third-order valence-corrected chi connectivity index (χ3v) is 5.13. The maximum absolute atomic E-state index is 5.60. The minimum absolute atomic E-state index is 0.0423. The maximum Gasteiger partial charge on any atom is 0.171 e. The van der Waals surface area contributed by atoms with Crippen molar-refractivity contribution in [2.24, 2.45) is 0 Å². The Hall–Kier alpha value is -1.92. The molecular formula is C19H25N3O2S. The minimum Gasteiger partial charge on any atom is -0.494 e. The molecule has 1 aliphatic carbocycles. The Labute approximate surface area is 154 Å². The van der Waals surface area contributed by atoms with Crippen molar-refractivity contribution in [1.82, 2.24) is 10.3 Å². The van der Waals surface area contributed by atoms with Crippen molar-refractivity contribution in [2.45, 2.75) is 37.6 Å². The lowest BCUT2D eigenvalue weighted by molar-refractivity contribution is 0.163. The molecule has 0 spiro atoms. The van der Waals surface area contributed by atoms with Gasteiger partial charge in [0.25, 0.3) is 0 Å². The van der Waals surface area contributed by atoms with Gasteiger partial charge in [-0.1, -0.05) is 12.8 Å². The first kappa shape index (κ1) is 17.9. The first-order chi connectivity index (χ1) is 12.2. The summed E-state index contributed by atoms with van der Waals surface area (Å²) in [6.45, 7) is 0.741. The second-order valence-electron chi connectivity index (χ2n) is 6.52. The smallest absolute Gasteiger partial charge is 0.171 e. The Morgan fingerprint density at radius 3 is 2.76 bits per heavy atom. The van der Waals surface area contributed by atoms with Gasteiger partial charge in [-0.3, -0.25) is 4.98 Å². The van der Waals surface area contributed by atoms with E-state index in [1.54, 1.807) is 20.4 Å². The molecule has 5 nitrogen and oxygen atoms in total. The molecular weight excluding hydrogens is 334 g/mol. The van der Waals surface area contributed by atoms with Crippen LogP contribution in [0.25, 0.3) is 10.9 Å². The van der Waals surface area contributed by atoms with E-state index in [0.717, 1.165) is 48.2 Å². The van der Waals surface area contributed by atoms with Crippen LogP contribution in [0.2, 0.25) is 0 Å². The average Bonchev–Trinajstić information content (AvgIpc) is 3.09. The summed E-state index contributed by atoms with van der Waals surface area (Å²) in [5.41, 5.74) is 1.80. The van der Waals surface area contributed by atoms with Crippen LogP contribution in [-0.2, 0) is 4.74 Å². The van der Waals surface area contributed by atoms with Crippen LogP contribution < -0.4 is 15.4 Å². The van der Waals surface area contributed by atoms with Crippen LogP contribution in [0.15, 0.2) is 30.5 Å². The van der Waals surface area contributed by atoms with Gasteiger partial charge in [0.2, 0.25) is 0 Å². The van der Waals surface area contributed by atoms with Crippen LogP contribution in [0.1, 0.15) is 32.1 Å². The number of hydrogen-bond donors (Lipinski definition) is 2. The van der Waals surface area contributed by atoms with Crippen LogP contribution >= 0.6 is 12.2 Å². The third-order valence-electron chi connectivity index (χ3n) is 4.92. The molecule has 134 valence electrons. The number of nitrogens with one attached hydrogen (secondary N) is 2. The molecule has 2 N–H and O–H groups in total. The second-order valence-corrected chi connectivity index (χ2v) is 6.93. The highest BCUT2D eigenvalue weighted by molar-refractivity contribution is 7.80. The van der Waals surface area contributed by atoms with Gasteiger partial charge in [0.05, 0.1) is 7.11 Å². The Bertz CT molecular complexity index is 745. The summed E-state index contributed by atoms with van der Waals surface area (Å²) in [7, 11) is 3.40. The molecule has 1 heterocycles. The van der Waals surface area contributed by atoms with Crippen molar-refractivity contribution in [3.63, 3.8) is 0 Å². The molecule has 1 aromatic carbocycles. The van der Waals surface area contributed by atoms with Gasteiger partial charge in [0, 0.05) is 36.5 Å². The van der Waals surface area contributed by atoms with E-state index in [1.165, 1.54) is 12.8 Å². The molecule has 1 saturated carbocycles. The molecule has 0 aliphatic heterocycles. The molecule has 1 fully saturated rings. The summed E-state index contributed by atoms with van der Waals surface area (Å²) in [4.78, 5) is 4.43. The first-order valence-electron chi connectivity index (χ1n) is 8.67. The van der Waals surface area contributed by atoms with Crippen LogP contribution in [-0.4, -0.2) is 36.5 Å². The zero-order valence-electron chi connectivity index (χ0n) is 14.8. The van der Waals surface area contributed by atoms with Gasteiger partial charge in [-0.25, -0.2) is 0 Å². The highest BCUT2D eigenvalue weighted by Gasteiger charge is 2.34. The Morgan fingerprint density at radius 2 is 2.04 bits per heavy atom. The second kappa shape index (κ2) is 7.97. The van der Waals surface area contributed by atoms with E-state index >= 15 is 0 Å². The number of nitrogens with zero attached hydrogens (tertiary/aromatic N) is 1. The number of fused-ring (bicyclic) bond motifs is 1. The number of methoxy groups -OCH3 is 2. The van der Waals surface area contributed by atoms with E-state index in [0.29, 0.717) is 5.11 Å². The monoisotopic (exact) mass is 359 g/mol. The summed E-state index contributed by atoms with van der Waals surface area (Å²) in [6, 6.07) is 7.83. The predicted octanol–water partition coefficient (Wildman–Crippen LogP) is 3.88. The van der Waals surface area contributed by atoms with Crippen molar-refractivity contribution in [3.8, 4) is 5.75 Å². The zero-order valence-corrected chi connectivity index (χ0v) is 15.6. The van der Waals surface area contributed by atoms with E-state index in [2.05, 4.69) is 15.6 Å². The van der Waals surface area contributed by atoms with Crippen molar-refractivity contribution in [2.75, 3.05) is 26.1 Å². The predicted molar refractivity (Wildman–Crippen MR) is 105 cm³/mol. The van der Waals surface area contributed by atoms with Crippen LogP contribution in [0, 0.1) is 0 Å². The lowest BCUT2D eigenvalue weighted by Crippen LogP contribution is -2.48.